The molecule has 1 aromatic rings. The number of thiazole rings is 1. The van der Waals surface area contributed by atoms with Crippen molar-refractivity contribution < 1.29 is 0 Å². The summed E-state index contributed by atoms with van der Waals surface area (Å²) in [4.78, 5) is 6.63. The van der Waals surface area contributed by atoms with E-state index in [4.69, 9.17) is 5.73 Å². The maximum absolute atomic E-state index is 5.64. The van der Waals surface area contributed by atoms with Crippen LogP contribution in [0.3, 0.4) is 0 Å². The molecule has 0 amide bonds. The molecule has 0 aromatic carbocycles. The van der Waals surface area contributed by atoms with Crippen LogP contribution >= 0.6 is 11.3 Å². The number of hydrogen-bond acceptors (Lipinski definition) is 4. The summed E-state index contributed by atoms with van der Waals surface area (Å²) in [5, 5.41) is 1.91. The third kappa shape index (κ3) is 1.77. The molecule has 13 heavy (non-hydrogen) atoms. The van der Waals surface area contributed by atoms with Crippen LogP contribution in [0.15, 0.2) is 6.20 Å². The third-order valence-electron chi connectivity index (χ3n) is 2.65. The van der Waals surface area contributed by atoms with E-state index in [1.54, 1.807) is 17.5 Å². The van der Waals surface area contributed by atoms with E-state index in [1.807, 2.05) is 0 Å². The van der Waals surface area contributed by atoms with Gasteiger partial charge in [0.2, 0.25) is 0 Å². The summed E-state index contributed by atoms with van der Waals surface area (Å²) < 4.78 is 0. The maximum Gasteiger partial charge on any atom is 0.187 e. The van der Waals surface area contributed by atoms with Crippen LogP contribution < -0.4 is 10.6 Å². The van der Waals surface area contributed by atoms with Crippen molar-refractivity contribution >= 4 is 21.5 Å². The van der Waals surface area contributed by atoms with E-state index in [1.165, 1.54) is 12.8 Å². The molecule has 4 heteroatoms. The molecule has 0 radical (unpaired) electrons. The predicted molar refractivity (Wildman–Crippen MR) is 57.1 cm³/mol. The highest BCUT2D eigenvalue weighted by molar-refractivity contribution is 7.19. The van der Waals surface area contributed by atoms with E-state index < -0.39 is 0 Å². The zero-order valence-electron chi connectivity index (χ0n) is 7.86. The molecular formula is C9H15N3S. The Labute approximate surface area is 82.6 Å². The standard InChI is InChI=1S/C9H15N3S/c1-2-7-3-4-12(6-7)9-11-5-8(10)13-9/h5,7H,2-4,6,10H2,1H3. The van der Waals surface area contributed by atoms with Gasteiger partial charge < -0.3 is 10.6 Å². The molecular weight excluding hydrogens is 182 g/mol. The molecule has 1 aliphatic heterocycles. The van der Waals surface area contributed by atoms with E-state index in [-0.39, 0.29) is 0 Å². The molecule has 2 rings (SSSR count). The smallest absolute Gasteiger partial charge is 0.187 e. The fraction of sp³-hybridized carbons (Fsp3) is 0.667. The minimum Gasteiger partial charge on any atom is -0.389 e. The minimum absolute atomic E-state index is 0.815. The number of anilines is 2. The summed E-state index contributed by atoms with van der Waals surface area (Å²) in [7, 11) is 0. The first-order chi connectivity index (χ1) is 6.29. The van der Waals surface area contributed by atoms with Crippen LogP contribution in [-0.2, 0) is 0 Å². The van der Waals surface area contributed by atoms with Crippen molar-refractivity contribution in [3.63, 3.8) is 0 Å². The van der Waals surface area contributed by atoms with Gasteiger partial charge in [-0.3, -0.25) is 0 Å². The van der Waals surface area contributed by atoms with Crippen LogP contribution in [0.5, 0.6) is 0 Å². The highest BCUT2D eigenvalue weighted by Gasteiger charge is 2.22. The van der Waals surface area contributed by atoms with Crippen LogP contribution in [0, 0.1) is 5.92 Å². The van der Waals surface area contributed by atoms with Crippen molar-refractivity contribution in [2.24, 2.45) is 5.92 Å². The SMILES string of the molecule is CCC1CCN(c2ncc(N)s2)C1. The Morgan fingerprint density at radius 3 is 3.15 bits per heavy atom. The Morgan fingerprint density at radius 2 is 2.62 bits per heavy atom. The molecule has 1 saturated heterocycles. The molecule has 0 spiro atoms. The second-order valence-corrected chi connectivity index (χ2v) is 4.59. The third-order valence-corrected chi connectivity index (χ3v) is 3.53. The number of nitrogens with zero attached hydrogens (tertiary/aromatic N) is 2. The van der Waals surface area contributed by atoms with E-state index in [0.717, 1.165) is 29.1 Å². The summed E-state index contributed by atoms with van der Waals surface area (Å²) in [5.74, 6) is 0.852. The van der Waals surface area contributed by atoms with Crippen molar-refractivity contribution in [1.82, 2.24) is 4.98 Å². The molecule has 1 fully saturated rings. The highest BCUT2D eigenvalue weighted by Crippen LogP contribution is 2.29. The lowest BCUT2D eigenvalue weighted by atomic mass is 10.1. The molecule has 1 atom stereocenters. The van der Waals surface area contributed by atoms with Crippen LogP contribution in [0.2, 0.25) is 0 Å². The molecule has 3 nitrogen and oxygen atoms in total. The van der Waals surface area contributed by atoms with Crippen LogP contribution in [0.1, 0.15) is 19.8 Å². The second kappa shape index (κ2) is 3.54. The lowest BCUT2D eigenvalue weighted by molar-refractivity contribution is 0.569. The minimum atomic E-state index is 0.815. The van der Waals surface area contributed by atoms with Crippen molar-refractivity contribution in [2.75, 3.05) is 23.7 Å². The Kier molecular flexibility index (Phi) is 2.40. The first-order valence-electron chi connectivity index (χ1n) is 4.76. The van der Waals surface area contributed by atoms with Gasteiger partial charge in [0.15, 0.2) is 5.13 Å². The van der Waals surface area contributed by atoms with Crippen LogP contribution in [-0.4, -0.2) is 18.1 Å². The van der Waals surface area contributed by atoms with E-state index in [0.29, 0.717) is 0 Å². The normalized spacial score (nSPS) is 22.5. The van der Waals surface area contributed by atoms with Gasteiger partial charge in [-0.15, -0.1) is 0 Å². The topological polar surface area (TPSA) is 42.2 Å². The molecule has 72 valence electrons. The fourth-order valence-corrected chi connectivity index (χ4v) is 2.48. The number of aromatic nitrogens is 1. The number of hydrogen-bond donors (Lipinski definition) is 1. The average Bonchev–Trinajstić information content (AvgIpc) is 2.71. The van der Waals surface area contributed by atoms with Gasteiger partial charge in [-0.2, -0.15) is 0 Å². The molecule has 2 N–H and O–H groups in total. The van der Waals surface area contributed by atoms with Gasteiger partial charge in [0, 0.05) is 13.1 Å². The van der Waals surface area contributed by atoms with Gasteiger partial charge in [-0.1, -0.05) is 24.7 Å². The quantitative estimate of drug-likeness (QED) is 0.788. The first kappa shape index (κ1) is 8.81. The Balaban J connectivity index is 2.03. The summed E-state index contributed by atoms with van der Waals surface area (Å²) in [5.41, 5.74) is 5.64. The Bertz CT molecular complexity index is 284. The zero-order chi connectivity index (χ0) is 9.26. The van der Waals surface area contributed by atoms with Crippen molar-refractivity contribution in [1.29, 1.82) is 0 Å². The number of rotatable bonds is 2. The zero-order valence-corrected chi connectivity index (χ0v) is 8.68. The molecule has 0 saturated carbocycles. The first-order valence-corrected chi connectivity index (χ1v) is 5.57. The largest absolute Gasteiger partial charge is 0.389 e. The van der Waals surface area contributed by atoms with Gasteiger partial charge in [0.1, 0.15) is 5.00 Å². The monoisotopic (exact) mass is 197 g/mol. The summed E-state index contributed by atoms with van der Waals surface area (Å²) >= 11 is 1.59. The lowest BCUT2D eigenvalue weighted by Crippen LogP contribution is -2.18. The van der Waals surface area contributed by atoms with Crippen molar-refractivity contribution in [3.8, 4) is 0 Å². The van der Waals surface area contributed by atoms with E-state index >= 15 is 0 Å². The van der Waals surface area contributed by atoms with Crippen molar-refractivity contribution in [2.45, 2.75) is 19.8 Å². The van der Waals surface area contributed by atoms with Gasteiger partial charge in [-0.25, -0.2) is 4.98 Å². The molecule has 1 aliphatic rings. The van der Waals surface area contributed by atoms with E-state index in [2.05, 4.69) is 16.8 Å². The molecule has 2 heterocycles. The Hall–Kier alpha value is -0.770. The second-order valence-electron chi connectivity index (χ2n) is 3.55. The van der Waals surface area contributed by atoms with E-state index in [9.17, 15) is 0 Å². The van der Waals surface area contributed by atoms with Gasteiger partial charge in [0.25, 0.3) is 0 Å². The summed E-state index contributed by atoms with van der Waals surface area (Å²) in [6.07, 6.45) is 4.33. The Morgan fingerprint density at radius 1 is 1.77 bits per heavy atom. The van der Waals surface area contributed by atoms with Gasteiger partial charge in [0.05, 0.1) is 6.20 Å². The lowest BCUT2D eigenvalue weighted by Gasteiger charge is -2.13. The van der Waals surface area contributed by atoms with Crippen LogP contribution in [0.4, 0.5) is 10.1 Å². The molecule has 0 bridgehead atoms. The predicted octanol–water partition coefficient (Wildman–Crippen LogP) is 1.96. The van der Waals surface area contributed by atoms with Gasteiger partial charge in [-0.05, 0) is 12.3 Å². The number of nitrogens with two attached hydrogens (primary N) is 1. The number of nitrogen functional groups attached to an aromatic ring is 1. The molecule has 0 aliphatic carbocycles. The molecule has 1 unspecified atom stereocenters. The van der Waals surface area contributed by atoms with Crippen LogP contribution in [0.25, 0.3) is 0 Å². The average molecular weight is 197 g/mol. The maximum atomic E-state index is 5.64. The fourth-order valence-electron chi connectivity index (χ4n) is 1.76. The summed E-state index contributed by atoms with van der Waals surface area (Å²) in [6.45, 7) is 4.55. The van der Waals surface area contributed by atoms with Gasteiger partial charge >= 0.3 is 0 Å². The van der Waals surface area contributed by atoms with Crippen molar-refractivity contribution in [3.05, 3.63) is 6.20 Å². The highest BCUT2D eigenvalue weighted by atomic mass is 32.1. The summed E-state index contributed by atoms with van der Waals surface area (Å²) in [6, 6.07) is 0. The molecule has 1 aromatic heterocycles.